The molecule has 3 nitrogen and oxygen atoms in total. The fraction of sp³-hybridized carbons (Fsp3) is 0.333. The molecular formula is C12H13NO2. The molecule has 2 N–H and O–H groups in total. The first-order chi connectivity index (χ1) is 7.33. The molecule has 0 atom stereocenters. The first-order valence-corrected chi connectivity index (χ1v) is 5.27. The van der Waals surface area contributed by atoms with Crippen LogP contribution in [0.25, 0.3) is 11.0 Å². The van der Waals surface area contributed by atoms with E-state index in [-0.39, 0.29) is 5.75 Å². The van der Waals surface area contributed by atoms with Crippen LogP contribution in [0.4, 0.5) is 0 Å². The summed E-state index contributed by atoms with van der Waals surface area (Å²) in [6.45, 7) is 0.749. The molecule has 1 aliphatic rings. The number of phenolic OH excluding ortho intramolecular Hbond substituents is 1. The zero-order valence-corrected chi connectivity index (χ0v) is 8.36. The maximum atomic E-state index is 9.59. The van der Waals surface area contributed by atoms with Crippen molar-refractivity contribution in [3.63, 3.8) is 0 Å². The first kappa shape index (κ1) is 8.80. The van der Waals surface area contributed by atoms with Gasteiger partial charge in [0.05, 0.1) is 11.9 Å². The van der Waals surface area contributed by atoms with Gasteiger partial charge in [0.25, 0.3) is 0 Å². The highest BCUT2D eigenvalue weighted by atomic mass is 16.3. The van der Waals surface area contributed by atoms with E-state index in [9.17, 15) is 5.11 Å². The number of nitrogens with one attached hydrogen (secondary N) is 1. The number of phenols is 1. The van der Waals surface area contributed by atoms with Gasteiger partial charge in [-0.15, -0.1) is 0 Å². The van der Waals surface area contributed by atoms with Crippen LogP contribution < -0.4 is 5.32 Å². The van der Waals surface area contributed by atoms with E-state index in [1.807, 2.05) is 12.1 Å². The van der Waals surface area contributed by atoms with Gasteiger partial charge in [-0.3, -0.25) is 0 Å². The maximum Gasteiger partial charge on any atom is 0.138 e. The van der Waals surface area contributed by atoms with Gasteiger partial charge in [-0.1, -0.05) is 6.07 Å². The molecule has 78 valence electrons. The topological polar surface area (TPSA) is 45.4 Å². The minimum atomic E-state index is 0.286. The van der Waals surface area contributed by atoms with E-state index in [4.69, 9.17) is 4.42 Å². The predicted molar refractivity (Wildman–Crippen MR) is 57.7 cm³/mol. The van der Waals surface area contributed by atoms with Crippen molar-refractivity contribution in [2.45, 2.75) is 25.4 Å². The average molecular weight is 203 g/mol. The van der Waals surface area contributed by atoms with Crippen LogP contribution in [0.5, 0.6) is 5.75 Å². The average Bonchev–Trinajstić information content (AvgIpc) is 2.95. The largest absolute Gasteiger partial charge is 0.507 e. The third-order valence-corrected chi connectivity index (χ3v) is 2.73. The summed E-state index contributed by atoms with van der Waals surface area (Å²) in [5.74, 6) is 1.17. The highest BCUT2D eigenvalue weighted by molar-refractivity contribution is 5.84. The fourth-order valence-electron chi connectivity index (χ4n) is 1.72. The van der Waals surface area contributed by atoms with Gasteiger partial charge in [0, 0.05) is 6.04 Å². The van der Waals surface area contributed by atoms with Crippen molar-refractivity contribution >= 4 is 11.0 Å². The van der Waals surface area contributed by atoms with Crippen molar-refractivity contribution in [2.24, 2.45) is 0 Å². The lowest BCUT2D eigenvalue weighted by atomic mass is 10.2. The second kappa shape index (κ2) is 3.28. The number of hydrogen-bond donors (Lipinski definition) is 2. The Bertz CT molecular complexity index is 485. The number of aromatic hydroxyl groups is 1. The molecular weight excluding hydrogens is 190 g/mol. The molecule has 0 aliphatic heterocycles. The minimum absolute atomic E-state index is 0.286. The van der Waals surface area contributed by atoms with Crippen LogP contribution in [0.2, 0.25) is 0 Å². The van der Waals surface area contributed by atoms with Crippen LogP contribution in [0.15, 0.2) is 28.7 Å². The molecule has 1 aliphatic carbocycles. The van der Waals surface area contributed by atoms with Gasteiger partial charge in [0.15, 0.2) is 0 Å². The van der Waals surface area contributed by atoms with Gasteiger partial charge in [-0.05, 0) is 31.0 Å². The number of rotatable bonds is 3. The molecule has 1 fully saturated rings. The zero-order valence-electron chi connectivity index (χ0n) is 8.36. The van der Waals surface area contributed by atoms with Gasteiger partial charge < -0.3 is 14.8 Å². The number of fused-ring (bicyclic) bond motifs is 1. The highest BCUT2D eigenvalue weighted by Crippen LogP contribution is 2.28. The summed E-state index contributed by atoms with van der Waals surface area (Å²) in [4.78, 5) is 0. The van der Waals surface area contributed by atoms with E-state index in [1.165, 1.54) is 12.8 Å². The quantitative estimate of drug-likeness (QED) is 0.805. The third kappa shape index (κ3) is 1.70. The van der Waals surface area contributed by atoms with Gasteiger partial charge >= 0.3 is 0 Å². The summed E-state index contributed by atoms with van der Waals surface area (Å²) in [6.07, 6.45) is 2.54. The Balaban J connectivity index is 1.88. The van der Waals surface area contributed by atoms with Crippen molar-refractivity contribution in [3.8, 4) is 5.75 Å². The second-order valence-electron chi connectivity index (χ2n) is 4.06. The molecule has 0 radical (unpaired) electrons. The van der Waals surface area contributed by atoms with Crippen molar-refractivity contribution in [3.05, 3.63) is 30.0 Å². The predicted octanol–water partition coefficient (Wildman–Crippen LogP) is 2.39. The van der Waals surface area contributed by atoms with E-state index >= 15 is 0 Å². The zero-order chi connectivity index (χ0) is 10.3. The summed E-state index contributed by atoms with van der Waals surface area (Å²) in [6, 6.07) is 7.91. The normalized spacial score (nSPS) is 16.0. The summed E-state index contributed by atoms with van der Waals surface area (Å²) in [7, 11) is 0. The standard InChI is InChI=1S/C12H13NO2/c14-11-2-1-3-12-10(11)6-9(15-12)7-13-8-4-5-8/h1-3,6,8,13-14H,4-5,7H2. The van der Waals surface area contributed by atoms with Crippen molar-refractivity contribution in [2.75, 3.05) is 0 Å². The lowest BCUT2D eigenvalue weighted by Crippen LogP contribution is -2.14. The Kier molecular flexibility index (Phi) is 1.92. The highest BCUT2D eigenvalue weighted by Gasteiger charge is 2.20. The Morgan fingerprint density at radius 2 is 2.27 bits per heavy atom. The molecule has 1 aromatic heterocycles. The molecule has 15 heavy (non-hydrogen) atoms. The minimum Gasteiger partial charge on any atom is -0.507 e. The third-order valence-electron chi connectivity index (χ3n) is 2.73. The van der Waals surface area contributed by atoms with Gasteiger partial charge in [0.2, 0.25) is 0 Å². The van der Waals surface area contributed by atoms with Crippen molar-refractivity contribution < 1.29 is 9.52 Å². The molecule has 1 aromatic carbocycles. The van der Waals surface area contributed by atoms with E-state index in [0.717, 1.165) is 23.3 Å². The van der Waals surface area contributed by atoms with Crippen LogP contribution in [-0.2, 0) is 6.54 Å². The Hall–Kier alpha value is -1.48. The smallest absolute Gasteiger partial charge is 0.138 e. The SMILES string of the molecule is Oc1cccc2oc(CNC3CC3)cc12. The molecule has 3 rings (SSSR count). The summed E-state index contributed by atoms with van der Waals surface area (Å²) >= 11 is 0. The summed E-state index contributed by atoms with van der Waals surface area (Å²) in [5, 5.41) is 13.8. The molecule has 0 spiro atoms. The van der Waals surface area contributed by atoms with E-state index in [0.29, 0.717) is 6.04 Å². The van der Waals surface area contributed by atoms with Crippen LogP contribution in [-0.4, -0.2) is 11.1 Å². The van der Waals surface area contributed by atoms with Crippen molar-refractivity contribution in [1.29, 1.82) is 0 Å². The summed E-state index contributed by atoms with van der Waals surface area (Å²) < 4.78 is 5.60. The molecule has 1 heterocycles. The fourth-order valence-corrected chi connectivity index (χ4v) is 1.72. The van der Waals surface area contributed by atoms with Crippen LogP contribution in [0.3, 0.4) is 0 Å². The molecule has 0 bridgehead atoms. The Labute approximate surface area is 87.7 Å². The van der Waals surface area contributed by atoms with E-state index < -0.39 is 0 Å². The number of hydrogen-bond acceptors (Lipinski definition) is 3. The van der Waals surface area contributed by atoms with Gasteiger partial charge in [-0.25, -0.2) is 0 Å². The Morgan fingerprint density at radius 1 is 1.40 bits per heavy atom. The van der Waals surface area contributed by atoms with E-state index in [1.54, 1.807) is 12.1 Å². The molecule has 0 saturated heterocycles. The number of benzene rings is 1. The molecule has 3 heteroatoms. The lowest BCUT2D eigenvalue weighted by Gasteiger charge is -1.96. The monoisotopic (exact) mass is 203 g/mol. The second-order valence-corrected chi connectivity index (χ2v) is 4.06. The van der Waals surface area contributed by atoms with Crippen LogP contribution >= 0.6 is 0 Å². The van der Waals surface area contributed by atoms with E-state index in [2.05, 4.69) is 5.32 Å². The van der Waals surface area contributed by atoms with Crippen molar-refractivity contribution in [1.82, 2.24) is 5.32 Å². The lowest BCUT2D eigenvalue weighted by molar-refractivity contribution is 0.481. The molecule has 0 unspecified atom stereocenters. The Morgan fingerprint density at radius 3 is 3.00 bits per heavy atom. The van der Waals surface area contributed by atoms with Crippen LogP contribution in [0, 0.1) is 0 Å². The van der Waals surface area contributed by atoms with Crippen LogP contribution in [0.1, 0.15) is 18.6 Å². The van der Waals surface area contributed by atoms with Gasteiger partial charge in [0.1, 0.15) is 17.1 Å². The summed E-state index contributed by atoms with van der Waals surface area (Å²) in [5.41, 5.74) is 0.752. The molecule has 2 aromatic rings. The maximum absolute atomic E-state index is 9.59. The number of furan rings is 1. The van der Waals surface area contributed by atoms with Gasteiger partial charge in [-0.2, -0.15) is 0 Å². The molecule has 0 amide bonds. The molecule has 1 saturated carbocycles. The first-order valence-electron chi connectivity index (χ1n) is 5.27.